The fraction of sp³-hybridized carbons (Fsp3) is 0.600. The van der Waals surface area contributed by atoms with E-state index in [0.29, 0.717) is 17.7 Å². The molecular formula is C15H23ClN2O. The highest BCUT2D eigenvalue weighted by Crippen LogP contribution is 2.30. The Hall–Kier alpha value is -0.770. The number of para-hydroxylation sites is 1. The van der Waals surface area contributed by atoms with E-state index in [0.717, 1.165) is 25.4 Å². The third kappa shape index (κ3) is 3.85. The molecule has 0 aliphatic carbocycles. The third-order valence-corrected chi connectivity index (χ3v) is 3.99. The van der Waals surface area contributed by atoms with Crippen LogP contribution in [0, 0.1) is 0 Å². The summed E-state index contributed by atoms with van der Waals surface area (Å²) in [5, 5.41) is 4.11. The second-order valence-electron chi connectivity index (χ2n) is 5.06. The van der Waals surface area contributed by atoms with Crippen LogP contribution < -0.4 is 10.1 Å². The van der Waals surface area contributed by atoms with Crippen molar-refractivity contribution in [2.75, 3.05) is 26.7 Å². The Morgan fingerprint density at radius 2 is 2.11 bits per heavy atom. The van der Waals surface area contributed by atoms with Crippen LogP contribution in [0.3, 0.4) is 0 Å². The summed E-state index contributed by atoms with van der Waals surface area (Å²) in [5.74, 6) is 0.840. The molecule has 0 bridgehead atoms. The summed E-state index contributed by atoms with van der Waals surface area (Å²) in [4.78, 5) is 2.41. The molecular weight excluding hydrogens is 260 g/mol. The van der Waals surface area contributed by atoms with Crippen LogP contribution in [0.25, 0.3) is 0 Å². The van der Waals surface area contributed by atoms with Crippen molar-refractivity contribution < 1.29 is 4.74 Å². The third-order valence-electron chi connectivity index (χ3n) is 3.69. The summed E-state index contributed by atoms with van der Waals surface area (Å²) in [7, 11) is 2.19. The molecule has 0 unspecified atom stereocenters. The quantitative estimate of drug-likeness (QED) is 0.899. The van der Waals surface area contributed by atoms with Crippen molar-refractivity contribution in [3.05, 3.63) is 28.8 Å². The molecule has 0 aromatic heterocycles. The van der Waals surface area contributed by atoms with E-state index in [2.05, 4.69) is 23.3 Å². The molecule has 106 valence electrons. The number of piperidine rings is 1. The second kappa shape index (κ2) is 7.13. The molecule has 4 heteroatoms. The maximum atomic E-state index is 6.22. The average molecular weight is 283 g/mol. The Morgan fingerprint density at radius 3 is 2.79 bits per heavy atom. The molecule has 1 aliphatic heterocycles. The van der Waals surface area contributed by atoms with Gasteiger partial charge in [0.2, 0.25) is 0 Å². The Kier molecular flexibility index (Phi) is 5.49. The number of ether oxygens (including phenoxy) is 1. The van der Waals surface area contributed by atoms with Crippen molar-refractivity contribution in [2.24, 2.45) is 0 Å². The first kappa shape index (κ1) is 14.6. The van der Waals surface area contributed by atoms with Gasteiger partial charge in [0.15, 0.2) is 0 Å². The van der Waals surface area contributed by atoms with Crippen LogP contribution >= 0.6 is 11.6 Å². The topological polar surface area (TPSA) is 24.5 Å². The van der Waals surface area contributed by atoms with Crippen LogP contribution in [0.15, 0.2) is 18.2 Å². The summed E-state index contributed by atoms with van der Waals surface area (Å²) in [5.41, 5.74) is 1.18. The van der Waals surface area contributed by atoms with E-state index in [-0.39, 0.29) is 0 Å². The lowest BCUT2D eigenvalue weighted by molar-refractivity contribution is 0.189. The molecule has 0 amide bonds. The SMILES string of the molecule is CCOc1c(Cl)cccc1CN(C)C1CCNCC1. The minimum atomic E-state index is 0.647. The lowest BCUT2D eigenvalue weighted by atomic mass is 10.0. The summed E-state index contributed by atoms with van der Waals surface area (Å²) < 4.78 is 5.69. The predicted octanol–water partition coefficient (Wildman–Crippen LogP) is 2.92. The summed E-state index contributed by atoms with van der Waals surface area (Å²) in [6.45, 7) is 5.75. The fourth-order valence-corrected chi connectivity index (χ4v) is 2.88. The molecule has 0 spiro atoms. The zero-order valence-corrected chi connectivity index (χ0v) is 12.5. The summed E-state index contributed by atoms with van der Waals surface area (Å²) in [6, 6.07) is 6.64. The molecule has 3 nitrogen and oxygen atoms in total. The van der Waals surface area contributed by atoms with Gasteiger partial charge in [0.25, 0.3) is 0 Å². The molecule has 1 N–H and O–H groups in total. The number of rotatable bonds is 5. The van der Waals surface area contributed by atoms with Gasteiger partial charge in [0.05, 0.1) is 11.6 Å². The van der Waals surface area contributed by atoms with Crippen molar-refractivity contribution in [3.8, 4) is 5.75 Å². The molecule has 1 aliphatic rings. The van der Waals surface area contributed by atoms with Gasteiger partial charge in [-0.15, -0.1) is 0 Å². The van der Waals surface area contributed by atoms with E-state index < -0.39 is 0 Å². The molecule has 1 saturated heterocycles. The van der Waals surface area contributed by atoms with Gasteiger partial charge in [0, 0.05) is 18.2 Å². The molecule has 2 rings (SSSR count). The second-order valence-corrected chi connectivity index (χ2v) is 5.46. The van der Waals surface area contributed by atoms with Gasteiger partial charge >= 0.3 is 0 Å². The number of hydrogen-bond acceptors (Lipinski definition) is 3. The van der Waals surface area contributed by atoms with Crippen LogP contribution in [0.5, 0.6) is 5.75 Å². The zero-order chi connectivity index (χ0) is 13.7. The first-order valence-electron chi connectivity index (χ1n) is 7.03. The van der Waals surface area contributed by atoms with Gasteiger partial charge in [0.1, 0.15) is 5.75 Å². The predicted molar refractivity (Wildman–Crippen MR) is 80.0 cm³/mol. The highest BCUT2D eigenvalue weighted by Gasteiger charge is 2.19. The van der Waals surface area contributed by atoms with Gasteiger partial charge in [-0.2, -0.15) is 0 Å². The first-order chi connectivity index (χ1) is 9.22. The Bertz CT molecular complexity index is 405. The van der Waals surface area contributed by atoms with Crippen LogP contribution in [0.1, 0.15) is 25.3 Å². The standard InChI is InChI=1S/C15H23ClN2O/c1-3-19-15-12(5-4-6-14(15)16)11-18(2)13-7-9-17-10-8-13/h4-6,13,17H,3,7-11H2,1-2H3. The summed E-state index contributed by atoms with van der Waals surface area (Å²) in [6.07, 6.45) is 2.42. The van der Waals surface area contributed by atoms with Gasteiger partial charge in [-0.25, -0.2) is 0 Å². The maximum Gasteiger partial charge on any atom is 0.142 e. The molecule has 19 heavy (non-hydrogen) atoms. The Balaban J connectivity index is 2.06. The summed E-state index contributed by atoms with van der Waals surface area (Å²) >= 11 is 6.22. The van der Waals surface area contributed by atoms with E-state index in [1.165, 1.54) is 18.4 Å². The van der Waals surface area contributed by atoms with Gasteiger partial charge < -0.3 is 10.1 Å². The number of halogens is 1. The van der Waals surface area contributed by atoms with Gasteiger partial charge in [-0.05, 0) is 46.0 Å². The molecule has 0 radical (unpaired) electrons. The normalized spacial score (nSPS) is 16.8. The molecule has 1 heterocycles. The zero-order valence-electron chi connectivity index (χ0n) is 11.8. The first-order valence-corrected chi connectivity index (χ1v) is 7.41. The minimum absolute atomic E-state index is 0.647. The van der Waals surface area contributed by atoms with Gasteiger partial charge in [-0.1, -0.05) is 23.7 Å². The number of nitrogens with zero attached hydrogens (tertiary/aromatic N) is 1. The van der Waals surface area contributed by atoms with Crippen LogP contribution in [0.4, 0.5) is 0 Å². The number of nitrogens with one attached hydrogen (secondary N) is 1. The van der Waals surface area contributed by atoms with E-state index in [1.54, 1.807) is 0 Å². The smallest absolute Gasteiger partial charge is 0.142 e. The van der Waals surface area contributed by atoms with E-state index in [1.807, 2.05) is 19.1 Å². The van der Waals surface area contributed by atoms with E-state index in [9.17, 15) is 0 Å². The molecule has 0 atom stereocenters. The Morgan fingerprint density at radius 1 is 1.37 bits per heavy atom. The molecule has 0 saturated carbocycles. The van der Waals surface area contributed by atoms with Crippen LogP contribution in [-0.2, 0) is 6.54 Å². The molecule has 1 fully saturated rings. The van der Waals surface area contributed by atoms with Gasteiger partial charge in [-0.3, -0.25) is 4.90 Å². The lowest BCUT2D eigenvalue weighted by Gasteiger charge is -2.32. The van der Waals surface area contributed by atoms with Crippen molar-refractivity contribution in [1.82, 2.24) is 10.2 Å². The van der Waals surface area contributed by atoms with Crippen molar-refractivity contribution in [2.45, 2.75) is 32.4 Å². The van der Waals surface area contributed by atoms with Crippen LogP contribution in [0.2, 0.25) is 5.02 Å². The van der Waals surface area contributed by atoms with Crippen LogP contribution in [-0.4, -0.2) is 37.7 Å². The van der Waals surface area contributed by atoms with Crippen molar-refractivity contribution in [3.63, 3.8) is 0 Å². The largest absolute Gasteiger partial charge is 0.492 e. The van der Waals surface area contributed by atoms with Crippen molar-refractivity contribution >= 4 is 11.6 Å². The molecule has 1 aromatic carbocycles. The Labute approximate surface area is 120 Å². The fourth-order valence-electron chi connectivity index (χ4n) is 2.63. The monoisotopic (exact) mass is 282 g/mol. The number of benzene rings is 1. The number of hydrogen-bond donors (Lipinski definition) is 1. The molecule has 1 aromatic rings. The minimum Gasteiger partial charge on any atom is -0.492 e. The highest BCUT2D eigenvalue weighted by molar-refractivity contribution is 6.32. The van der Waals surface area contributed by atoms with E-state index >= 15 is 0 Å². The van der Waals surface area contributed by atoms with Crippen molar-refractivity contribution in [1.29, 1.82) is 0 Å². The lowest BCUT2D eigenvalue weighted by Crippen LogP contribution is -2.40. The van der Waals surface area contributed by atoms with E-state index in [4.69, 9.17) is 16.3 Å². The average Bonchev–Trinajstić information content (AvgIpc) is 2.43. The highest BCUT2D eigenvalue weighted by atomic mass is 35.5. The maximum absolute atomic E-state index is 6.22.